The smallest absolute Gasteiger partial charge is 0.305 e. The van der Waals surface area contributed by atoms with Gasteiger partial charge in [0.15, 0.2) is 0 Å². The molecule has 1 aromatic heterocycles. The van der Waals surface area contributed by atoms with Crippen LogP contribution in [0.5, 0.6) is 0 Å². The first kappa shape index (κ1) is 47.8. The fraction of sp³-hybridized carbons (Fsp3) is 0.590. The van der Waals surface area contributed by atoms with Gasteiger partial charge in [0, 0.05) is 41.6 Å². The van der Waals surface area contributed by atoms with Crippen LogP contribution in [0.3, 0.4) is 0 Å². The lowest BCUT2D eigenvalue weighted by molar-refractivity contribution is -0.917. The van der Waals surface area contributed by atoms with Gasteiger partial charge in [-0.2, -0.15) is 0 Å². The summed E-state index contributed by atoms with van der Waals surface area (Å²) < 4.78 is 6.31. The number of amides is 7. The molecule has 0 spiro atoms. The summed E-state index contributed by atoms with van der Waals surface area (Å²) in [5.74, 6) is -6.18. The zero-order valence-electron chi connectivity index (χ0n) is 34.3. The molecule has 0 saturated carbocycles. The Morgan fingerprint density at radius 1 is 0.917 bits per heavy atom. The molecule has 2 aliphatic rings. The monoisotopic (exact) mass is 876 g/mol. The Hall–Kier alpha value is -4.86. The Labute approximate surface area is 356 Å². The fourth-order valence-electron chi connectivity index (χ4n) is 6.94. The number of H-pyrrole nitrogens is 1. The van der Waals surface area contributed by atoms with Gasteiger partial charge in [0.1, 0.15) is 43.3 Å². The first-order valence-electron chi connectivity index (χ1n) is 20.1. The number of carbonyl (C=O) groups is 8. The molecule has 7 amide bonds. The number of aliphatic carboxylic acids is 1. The summed E-state index contributed by atoms with van der Waals surface area (Å²) in [5, 5.41) is 23.2. The van der Waals surface area contributed by atoms with Crippen molar-refractivity contribution in [2.24, 2.45) is 5.73 Å². The molecule has 2 aliphatic heterocycles. The van der Waals surface area contributed by atoms with Crippen molar-refractivity contribution in [2.75, 3.05) is 64.5 Å². The zero-order valence-corrected chi connectivity index (χ0v) is 35.9. The number of ether oxygens (including phenoxy) is 1. The number of morpholine rings is 1. The molecule has 2 aromatic rings. The number of fused-ring (bicyclic) bond motifs is 1. The SMILES string of the molecule is CC1NC(=O)C(CC(=O)O)NC(=O)CNC(=O)C(CCCC[N+]2(C)CCOCC2)NC(=O)CCSSCC(C(N)=O)NC(=O)C(C)N(CCc2c[nH]c3ccccc23)C1=O. The standard InChI is InChI=1S/C39H57N9O10S2/c1-24-39(57)47(13-11-26-21-41-28-9-5-4-8-27(26)28)25(2)36(54)46-31(35(40)53)23-60-59-19-12-32(49)44-29(10-6-7-14-48(3)15-17-58-18-16-48)37(55)42-22-33(50)45-30(20-34(51)52)38(56)43-24/h4-5,8-9,21,24-25,29-31,41H,6-7,10-20,22-23H2,1-3H3,(H7-,40,42,43,44,45,46,49,50,51,52,53,54,55,56)/p+1. The van der Waals surface area contributed by atoms with Gasteiger partial charge in [0.25, 0.3) is 0 Å². The van der Waals surface area contributed by atoms with Crippen LogP contribution in [0.15, 0.2) is 30.5 Å². The highest BCUT2D eigenvalue weighted by Gasteiger charge is 2.34. The third-order valence-electron chi connectivity index (χ3n) is 10.6. The number of carboxylic acids is 1. The van der Waals surface area contributed by atoms with E-state index >= 15 is 0 Å². The summed E-state index contributed by atoms with van der Waals surface area (Å²) >= 11 is 0. The van der Waals surface area contributed by atoms with E-state index in [1.165, 1.54) is 40.3 Å². The highest BCUT2D eigenvalue weighted by atomic mass is 33.1. The first-order chi connectivity index (χ1) is 28.6. The molecule has 1 aromatic carbocycles. The molecule has 0 aliphatic carbocycles. The zero-order chi connectivity index (χ0) is 43.8. The molecule has 2 fully saturated rings. The quantitative estimate of drug-likeness (QED) is 0.0799. The Morgan fingerprint density at radius 2 is 1.63 bits per heavy atom. The number of hydrogen-bond donors (Lipinski definition) is 8. The maximum absolute atomic E-state index is 14.1. The number of carboxylic acid groups (broad SMARTS) is 1. The average Bonchev–Trinajstić information content (AvgIpc) is 3.62. The van der Waals surface area contributed by atoms with E-state index in [0.29, 0.717) is 31.8 Å². The summed E-state index contributed by atoms with van der Waals surface area (Å²) in [7, 11) is 4.63. The van der Waals surface area contributed by atoms with Crippen molar-refractivity contribution in [1.82, 2.24) is 36.5 Å². The minimum atomic E-state index is -1.64. The fourth-order valence-corrected chi connectivity index (χ4v) is 9.11. The summed E-state index contributed by atoms with van der Waals surface area (Å²) in [5.41, 5.74) is 7.39. The Morgan fingerprint density at radius 3 is 2.35 bits per heavy atom. The van der Waals surface area contributed by atoms with Crippen LogP contribution in [-0.4, -0.2) is 161 Å². The van der Waals surface area contributed by atoms with Gasteiger partial charge in [0.2, 0.25) is 41.4 Å². The highest BCUT2D eigenvalue weighted by molar-refractivity contribution is 8.76. The van der Waals surface area contributed by atoms with Gasteiger partial charge in [-0.1, -0.05) is 39.8 Å². The largest absolute Gasteiger partial charge is 0.481 e. The lowest BCUT2D eigenvalue weighted by atomic mass is 10.1. The second kappa shape index (κ2) is 23.2. The van der Waals surface area contributed by atoms with E-state index in [4.69, 9.17) is 10.5 Å². The molecular formula is C39H58N9O10S2+. The first-order valence-corrected chi connectivity index (χ1v) is 22.5. The van der Waals surface area contributed by atoms with Gasteiger partial charge in [0.05, 0.1) is 39.8 Å². The number of quaternary nitrogens is 1. The molecule has 0 radical (unpaired) electrons. The number of benzene rings is 1. The van der Waals surface area contributed by atoms with E-state index in [1.54, 1.807) is 6.20 Å². The number of nitrogens with zero attached hydrogens (tertiary/aromatic N) is 2. The number of likely N-dealkylation sites (N-methyl/N-ethyl adjacent to an activating group) is 1. The molecule has 19 nitrogen and oxygen atoms in total. The molecule has 0 bridgehead atoms. The Bertz CT molecular complexity index is 1860. The number of rotatable bonds is 11. The Kier molecular flexibility index (Phi) is 18.5. The van der Waals surface area contributed by atoms with Crippen LogP contribution >= 0.6 is 21.6 Å². The minimum Gasteiger partial charge on any atom is -0.481 e. The van der Waals surface area contributed by atoms with Crippen molar-refractivity contribution in [3.05, 3.63) is 36.0 Å². The maximum atomic E-state index is 14.1. The van der Waals surface area contributed by atoms with Crippen LogP contribution in [0, 0.1) is 0 Å². The molecule has 2 saturated heterocycles. The lowest BCUT2D eigenvalue weighted by Crippen LogP contribution is -2.59. The van der Waals surface area contributed by atoms with Crippen LogP contribution in [0.2, 0.25) is 0 Å². The second-order valence-corrected chi connectivity index (χ2v) is 17.9. The number of carbonyl (C=O) groups excluding carboxylic acids is 7. The van der Waals surface area contributed by atoms with Crippen LogP contribution in [-0.2, 0) is 49.5 Å². The topological polar surface area (TPSA) is 271 Å². The van der Waals surface area contributed by atoms with Gasteiger partial charge >= 0.3 is 5.97 Å². The van der Waals surface area contributed by atoms with E-state index in [9.17, 15) is 43.5 Å². The van der Waals surface area contributed by atoms with Crippen LogP contribution < -0.4 is 32.3 Å². The van der Waals surface area contributed by atoms with Gasteiger partial charge in [-0.25, -0.2) is 0 Å². The Balaban J connectivity index is 1.53. The number of aromatic nitrogens is 1. The molecule has 60 heavy (non-hydrogen) atoms. The molecular weight excluding hydrogens is 819 g/mol. The van der Waals surface area contributed by atoms with E-state index in [0.717, 1.165) is 47.0 Å². The third-order valence-corrected chi connectivity index (χ3v) is 13.1. The van der Waals surface area contributed by atoms with E-state index in [-0.39, 0.29) is 25.1 Å². The molecule has 9 N–H and O–H groups in total. The predicted molar refractivity (Wildman–Crippen MR) is 226 cm³/mol. The molecule has 21 heteroatoms. The van der Waals surface area contributed by atoms with Crippen molar-refractivity contribution in [3.8, 4) is 0 Å². The number of nitrogens with two attached hydrogens (primary N) is 1. The van der Waals surface area contributed by atoms with Gasteiger partial charge in [-0.15, -0.1) is 0 Å². The normalized spacial score (nSPS) is 24.7. The number of unbranched alkanes of at least 4 members (excludes halogenated alkanes) is 1. The van der Waals surface area contributed by atoms with Crippen LogP contribution in [0.4, 0.5) is 0 Å². The van der Waals surface area contributed by atoms with Gasteiger partial charge in [-0.3, -0.25) is 38.4 Å². The lowest BCUT2D eigenvalue weighted by Gasteiger charge is -2.37. The van der Waals surface area contributed by atoms with Crippen molar-refractivity contribution < 1.29 is 52.7 Å². The second-order valence-electron chi connectivity index (χ2n) is 15.3. The number of nitrogens with one attached hydrogen (secondary N) is 6. The van der Waals surface area contributed by atoms with Crippen molar-refractivity contribution in [3.63, 3.8) is 0 Å². The number of hydrogen-bond acceptors (Lipinski definition) is 11. The van der Waals surface area contributed by atoms with Gasteiger partial charge < -0.3 is 56.5 Å². The molecule has 5 unspecified atom stereocenters. The van der Waals surface area contributed by atoms with Crippen LogP contribution in [0.1, 0.15) is 51.5 Å². The third kappa shape index (κ3) is 14.7. The molecule has 330 valence electrons. The summed E-state index contributed by atoms with van der Waals surface area (Å²) in [6, 6.07) is 1.31. The highest BCUT2D eigenvalue weighted by Crippen LogP contribution is 2.23. The minimum absolute atomic E-state index is 0.00734. The average molecular weight is 877 g/mol. The van der Waals surface area contributed by atoms with Crippen molar-refractivity contribution >= 4 is 79.8 Å². The molecule has 5 atom stereocenters. The van der Waals surface area contributed by atoms with E-state index < -0.39 is 90.5 Å². The summed E-state index contributed by atoms with van der Waals surface area (Å²) in [6.07, 6.45) is 2.91. The summed E-state index contributed by atoms with van der Waals surface area (Å²) in [6.45, 7) is 6.16. The number of aromatic amines is 1. The van der Waals surface area contributed by atoms with E-state index in [2.05, 4.69) is 38.6 Å². The predicted octanol–water partition coefficient (Wildman–Crippen LogP) is -0.605. The van der Waals surface area contributed by atoms with Crippen molar-refractivity contribution in [2.45, 2.75) is 82.6 Å². The van der Waals surface area contributed by atoms with E-state index in [1.807, 2.05) is 24.3 Å². The number of primary amides is 1. The van der Waals surface area contributed by atoms with Crippen LogP contribution in [0.25, 0.3) is 10.9 Å². The van der Waals surface area contributed by atoms with Gasteiger partial charge in [-0.05, 0) is 51.2 Å². The molecule has 4 rings (SSSR count). The maximum Gasteiger partial charge on any atom is 0.305 e. The van der Waals surface area contributed by atoms with Crippen molar-refractivity contribution in [1.29, 1.82) is 0 Å². The number of para-hydroxylation sites is 1. The summed E-state index contributed by atoms with van der Waals surface area (Å²) in [4.78, 5) is 109. The molecule has 3 heterocycles.